The summed E-state index contributed by atoms with van der Waals surface area (Å²) >= 11 is 0. The van der Waals surface area contributed by atoms with Gasteiger partial charge in [0.15, 0.2) is 0 Å². The standard InChI is InChI=1S/C22H25F3N4O4/c23-22(24,25)15-11-13-17(14-12-15)27-21(32)28-18(9-5-2-6-10-19(30)29-33)20(31)26-16-7-3-1-4-8-16/h1,3-4,7-8,11-14,18,33H,2,5-6,9-10H2,(H,26,31)(H,29,30)(H2,27,28,32)/t18-/m0/s1. The summed E-state index contributed by atoms with van der Waals surface area (Å²) in [5, 5.41) is 16.2. The molecule has 0 aliphatic heterocycles. The third kappa shape index (κ3) is 9.19. The van der Waals surface area contributed by atoms with Gasteiger partial charge in [-0.05, 0) is 49.2 Å². The summed E-state index contributed by atoms with van der Waals surface area (Å²) in [6, 6.07) is 10.9. The summed E-state index contributed by atoms with van der Waals surface area (Å²) in [6.45, 7) is 0. The van der Waals surface area contributed by atoms with E-state index in [2.05, 4.69) is 16.0 Å². The molecule has 0 spiro atoms. The second-order valence-corrected chi connectivity index (χ2v) is 7.22. The Kier molecular flexibility index (Phi) is 9.67. The molecule has 33 heavy (non-hydrogen) atoms. The Labute approximate surface area is 188 Å². The van der Waals surface area contributed by atoms with Gasteiger partial charge >= 0.3 is 12.2 Å². The van der Waals surface area contributed by atoms with Crippen molar-refractivity contribution in [3.63, 3.8) is 0 Å². The molecule has 0 saturated heterocycles. The number of amides is 4. The van der Waals surface area contributed by atoms with Crippen molar-refractivity contribution in [3.8, 4) is 0 Å². The van der Waals surface area contributed by atoms with Crippen LogP contribution in [0.15, 0.2) is 54.6 Å². The Hall–Kier alpha value is -3.60. The number of para-hydroxylation sites is 1. The molecule has 0 bridgehead atoms. The normalized spacial score (nSPS) is 11.9. The molecule has 0 unspecified atom stereocenters. The van der Waals surface area contributed by atoms with E-state index in [9.17, 15) is 27.6 Å². The van der Waals surface area contributed by atoms with Gasteiger partial charge in [-0.25, -0.2) is 10.3 Å². The number of urea groups is 1. The Balaban J connectivity index is 1.96. The zero-order valence-corrected chi connectivity index (χ0v) is 17.6. The maximum atomic E-state index is 12.7. The molecule has 1 atom stereocenters. The van der Waals surface area contributed by atoms with Gasteiger partial charge in [0.05, 0.1) is 5.56 Å². The zero-order valence-electron chi connectivity index (χ0n) is 17.6. The molecular weight excluding hydrogens is 441 g/mol. The van der Waals surface area contributed by atoms with Crippen molar-refractivity contribution in [1.82, 2.24) is 10.8 Å². The molecular formula is C22H25F3N4O4. The smallest absolute Gasteiger partial charge is 0.326 e. The maximum Gasteiger partial charge on any atom is 0.416 e. The summed E-state index contributed by atoms with van der Waals surface area (Å²) < 4.78 is 38.0. The highest BCUT2D eigenvalue weighted by atomic mass is 19.4. The highest BCUT2D eigenvalue weighted by molar-refractivity contribution is 5.99. The maximum absolute atomic E-state index is 12.7. The van der Waals surface area contributed by atoms with Crippen molar-refractivity contribution >= 4 is 29.2 Å². The first-order chi connectivity index (χ1) is 15.7. The second-order valence-electron chi connectivity index (χ2n) is 7.22. The van der Waals surface area contributed by atoms with Crippen LogP contribution in [0.4, 0.5) is 29.3 Å². The zero-order chi connectivity index (χ0) is 24.3. The van der Waals surface area contributed by atoms with Crippen LogP contribution >= 0.6 is 0 Å². The minimum Gasteiger partial charge on any atom is -0.326 e. The highest BCUT2D eigenvalue weighted by Crippen LogP contribution is 2.29. The summed E-state index contributed by atoms with van der Waals surface area (Å²) in [5.74, 6) is -0.973. The molecule has 2 rings (SSSR count). The van der Waals surface area contributed by atoms with Crippen LogP contribution in [-0.2, 0) is 15.8 Å². The van der Waals surface area contributed by atoms with E-state index in [1.165, 1.54) is 0 Å². The first kappa shape index (κ1) is 25.7. The lowest BCUT2D eigenvalue weighted by Crippen LogP contribution is -2.45. The SMILES string of the molecule is O=C(CCCCC[C@H](NC(=O)Nc1ccc(C(F)(F)F)cc1)C(=O)Nc1ccccc1)NO. The molecule has 0 fully saturated rings. The summed E-state index contributed by atoms with van der Waals surface area (Å²) in [4.78, 5) is 36.1. The van der Waals surface area contributed by atoms with Crippen LogP contribution < -0.4 is 21.4 Å². The third-order valence-electron chi connectivity index (χ3n) is 4.65. The van der Waals surface area contributed by atoms with Crippen molar-refractivity contribution in [2.45, 2.75) is 44.3 Å². The lowest BCUT2D eigenvalue weighted by molar-refractivity contribution is -0.137. The number of halogens is 3. The number of unbranched alkanes of at least 4 members (excludes halogenated alkanes) is 2. The molecule has 0 heterocycles. The quantitative estimate of drug-likeness (QED) is 0.204. The van der Waals surface area contributed by atoms with E-state index in [1.807, 2.05) is 0 Å². The molecule has 4 amide bonds. The largest absolute Gasteiger partial charge is 0.416 e. The van der Waals surface area contributed by atoms with E-state index in [-0.39, 0.29) is 18.5 Å². The summed E-state index contributed by atoms with van der Waals surface area (Å²) in [7, 11) is 0. The third-order valence-corrected chi connectivity index (χ3v) is 4.65. The first-order valence-corrected chi connectivity index (χ1v) is 10.2. The number of carbonyl (C=O) groups excluding carboxylic acids is 3. The van der Waals surface area contributed by atoms with Gasteiger partial charge in [0.25, 0.3) is 0 Å². The number of anilines is 2. The lowest BCUT2D eigenvalue weighted by atomic mass is 10.1. The molecule has 5 N–H and O–H groups in total. The summed E-state index contributed by atoms with van der Waals surface area (Å²) in [5.41, 5.74) is 1.37. The molecule has 11 heteroatoms. The van der Waals surface area contributed by atoms with Crippen LogP contribution in [0.5, 0.6) is 0 Å². The fourth-order valence-electron chi connectivity index (χ4n) is 2.95. The Morgan fingerprint density at radius 1 is 0.848 bits per heavy atom. The Bertz CT molecular complexity index is 921. The van der Waals surface area contributed by atoms with Gasteiger partial charge in [0, 0.05) is 17.8 Å². The Morgan fingerprint density at radius 3 is 2.09 bits per heavy atom. The van der Waals surface area contributed by atoms with Gasteiger partial charge in [-0.1, -0.05) is 31.0 Å². The van der Waals surface area contributed by atoms with Crippen LogP contribution in [0, 0.1) is 0 Å². The van der Waals surface area contributed by atoms with Crippen LogP contribution in [0.1, 0.15) is 37.7 Å². The highest BCUT2D eigenvalue weighted by Gasteiger charge is 2.30. The lowest BCUT2D eigenvalue weighted by Gasteiger charge is -2.19. The molecule has 2 aromatic rings. The van der Waals surface area contributed by atoms with Crippen LogP contribution in [0.25, 0.3) is 0 Å². The number of carbonyl (C=O) groups is 3. The fraction of sp³-hybridized carbons (Fsp3) is 0.318. The monoisotopic (exact) mass is 466 g/mol. The van der Waals surface area contributed by atoms with Gasteiger partial charge in [-0.3, -0.25) is 14.8 Å². The van der Waals surface area contributed by atoms with E-state index < -0.39 is 35.6 Å². The fourth-order valence-corrected chi connectivity index (χ4v) is 2.95. The van der Waals surface area contributed by atoms with E-state index in [0.717, 1.165) is 24.3 Å². The second kappa shape index (κ2) is 12.4. The number of rotatable bonds is 10. The van der Waals surface area contributed by atoms with Gasteiger partial charge < -0.3 is 16.0 Å². The number of hydrogen-bond acceptors (Lipinski definition) is 4. The average molecular weight is 466 g/mol. The van der Waals surface area contributed by atoms with Crippen molar-refractivity contribution < 1.29 is 32.8 Å². The minimum atomic E-state index is -4.49. The van der Waals surface area contributed by atoms with E-state index in [1.54, 1.807) is 35.8 Å². The molecule has 178 valence electrons. The molecule has 8 nitrogen and oxygen atoms in total. The predicted molar refractivity (Wildman–Crippen MR) is 115 cm³/mol. The van der Waals surface area contributed by atoms with Gasteiger partial charge in [-0.2, -0.15) is 13.2 Å². The molecule has 0 saturated carbocycles. The van der Waals surface area contributed by atoms with Crippen molar-refractivity contribution in [2.75, 3.05) is 10.6 Å². The number of hydroxylamine groups is 1. The first-order valence-electron chi connectivity index (χ1n) is 10.2. The minimum absolute atomic E-state index is 0.124. The number of alkyl halides is 3. The predicted octanol–water partition coefficient (Wildman–Crippen LogP) is 4.29. The van der Waals surface area contributed by atoms with Gasteiger partial charge in [0.1, 0.15) is 6.04 Å². The van der Waals surface area contributed by atoms with Crippen molar-refractivity contribution in [2.24, 2.45) is 0 Å². The van der Waals surface area contributed by atoms with Crippen LogP contribution in [-0.4, -0.2) is 29.1 Å². The van der Waals surface area contributed by atoms with Crippen LogP contribution in [0.2, 0.25) is 0 Å². The number of benzene rings is 2. The molecule has 0 radical (unpaired) electrons. The molecule has 2 aromatic carbocycles. The molecule has 0 aliphatic rings. The topological polar surface area (TPSA) is 120 Å². The Morgan fingerprint density at radius 2 is 1.48 bits per heavy atom. The summed E-state index contributed by atoms with van der Waals surface area (Å²) in [6.07, 6.45) is -2.54. The number of nitrogens with one attached hydrogen (secondary N) is 4. The molecule has 0 aliphatic carbocycles. The van der Waals surface area contributed by atoms with Gasteiger partial charge in [-0.15, -0.1) is 0 Å². The van der Waals surface area contributed by atoms with Crippen molar-refractivity contribution in [3.05, 3.63) is 60.2 Å². The van der Waals surface area contributed by atoms with E-state index in [0.29, 0.717) is 24.9 Å². The van der Waals surface area contributed by atoms with Crippen LogP contribution in [0.3, 0.4) is 0 Å². The van der Waals surface area contributed by atoms with E-state index >= 15 is 0 Å². The average Bonchev–Trinajstić information content (AvgIpc) is 2.78. The van der Waals surface area contributed by atoms with Crippen molar-refractivity contribution in [1.29, 1.82) is 0 Å². The van der Waals surface area contributed by atoms with E-state index in [4.69, 9.17) is 5.21 Å². The number of hydrogen-bond donors (Lipinski definition) is 5. The van der Waals surface area contributed by atoms with Gasteiger partial charge in [0.2, 0.25) is 11.8 Å². The molecule has 0 aromatic heterocycles.